The third-order valence-electron chi connectivity index (χ3n) is 6.01. The first-order chi connectivity index (χ1) is 9.91. The van der Waals surface area contributed by atoms with E-state index in [0.717, 1.165) is 24.7 Å². The Morgan fingerprint density at radius 1 is 0.952 bits per heavy atom. The smallest absolute Gasteiger partial charge is 0.333 e. The molecule has 0 heterocycles. The van der Waals surface area contributed by atoms with Crippen LogP contribution in [0.3, 0.4) is 0 Å². The highest BCUT2D eigenvalue weighted by molar-refractivity contribution is 5.87. The first kappa shape index (κ1) is 16.6. The van der Waals surface area contributed by atoms with Gasteiger partial charge in [-0.2, -0.15) is 0 Å². The molecule has 0 unspecified atom stereocenters. The van der Waals surface area contributed by atoms with Gasteiger partial charge in [0, 0.05) is 5.57 Å². The van der Waals surface area contributed by atoms with Crippen molar-refractivity contribution in [1.29, 1.82) is 0 Å². The summed E-state index contributed by atoms with van der Waals surface area (Å²) in [6.45, 7) is 10.3. The highest BCUT2D eigenvalue weighted by Gasteiger charge is 2.39. The molecule has 2 aliphatic carbocycles. The highest BCUT2D eigenvalue weighted by atomic mass is 16.5. The molecule has 0 saturated heterocycles. The van der Waals surface area contributed by atoms with Crippen molar-refractivity contribution >= 4 is 5.97 Å². The van der Waals surface area contributed by atoms with Crippen molar-refractivity contribution in [3.63, 3.8) is 0 Å². The molecule has 0 aromatic heterocycles. The van der Waals surface area contributed by atoms with Crippen molar-refractivity contribution in [2.45, 2.75) is 84.7 Å². The number of esters is 1. The van der Waals surface area contributed by atoms with Crippen LogP contribution in [0.25, 0.3) is 0 Å². The number of hydrogen-bond acceptors (Lipinski definition) is 2. The van der Waals surface area contributed by atoms with E-state index in [4.69, 9.17) is 4.74 Å². The molecular weight excluding hydrogens is 260 g/mol. The summed E-state index contributed by atoms with van der Waals surface area (Å²) >= 11 is 0. The Labute approximate surface area is 130 Å². The molecule has 2 nitrogen and oxygen atoms in total. The van der Waals surface area contributed by atoms with Crippen LogP contribution in [0, 0.1) is 17.3 Å². The summed E-state index contributed by atoms with van der Waals surface area (Å²) in [4.78, 5) is 11.6. The molecule has 2 aliphatic rings. The van der Waals surface area contributed by atoms with Gasteiger partial charge in [-0.1, -0.05) is 39.7 Å². The zero-order valence-electron chi connectivity index (χ0n) is 14.1. The van der Waals surface area contributed by atoms with Gasteiger partial charge >= 0.3 is 5.97 Å². The van der Waals surface area contributed by atoms with E-state index in [1.54, 1.807) is 6.92 Å². The molecule has 0 bridgehead atoms. The maximum Gasteiger partial charge on any atom is 0.333 e. The Morgan fingerprint density at radius 3 is 2.00 bits per heavy atom. The number of ether oxygens (including phenoxy) is 1. The summed E-state index contributed by atoms with van der Waals surface area (Å²) in [6.07, 6.45) is 11.7. The first-order valence-corrected chi connectivity index (χ1v) is 8.77. The topological polar surface area (TPSA) is 26.3 Å². The maximum absolute atomic E-state index is 11.6. The van der Waals surface area contributed by atoms with Crippen LogP contribution in [0.4, 0.5) is 0 Å². The van der Waals surface area contributed by atoms with Crippen LogP contribution in [0.5, 0.6) is 0 Å². The van der Waals surface area contributed by atoms with E-state index >= 15 is 0 Å². The molecule has 0 atom stereocenters. The van der Waals surface area contributed by atoms with Crippen LogP contribution in [0.2, 0.25) is 0 Å². The molecule has 120 valence electrons. The molecule has 2 heteroatoms. The van der Waals surface area contributed by atoms with Gasteiger partial charge in [0.05, 0.1) is 0 Å². The monoisotopic (exact) mass is 292 g/mol. The molecule has 2 fully saturated rings. The van der Waals surface area contributed by atoms with Gasteiger partial charge in [0.2, 0.25) is 0 Å². The van der Waals surface area contributed by atoms with Crippen molar-refractivity contribution < 1.29 is 9.53 Å². The lowest BCUT2D eigenvalue weighted by Gasteiger charge is -2.45. The standard InChI is InChI=1S/C19H32O2/c1-14(2)18(20)21-17-12-10-16(11-13-17)19(3,4)15-8-6-5-7-9-15/h15-17H,1,5-13H2,2-4H3. The van der Waals surface area contributed by atoms with E-state index in [2.05, 4.69) is 20.4 Å². The van der Waals surface area contributed by atoms with Gasteiger partial charge in [-0.05, 0) is 62.7 Å². The maximum atomic E-state index is 11.6. The number of hydrogen-bond donors (Lipinski definition) is 0. The minimum absolute atomic E-state index is 0.118. The Hall–Kier alpha value is -0.790. The quantitative estimate of drug-likeness (QED) is 0.521. The zero-order chi connectivity index (χ0) is 15.5. The molecule has 0 aromatic rings. The number of carbonyl (C=O) groups excluding carboxylic acids is 1. The van der Waals surface area contributed by atoms with Crippen molar-refractivity contribution in [2.75, 3.05) is 0 Å². The molecule has 21 heavy (non-hydrogen) atoms. The molecule has 2 rings (SSSR count). The second-order valence-corrected chi connectivity index (χ2v) is 7.82. The fraction of sp³-hybridized carbons (Fsp3) is 0.842. The minimum Gasteiger partial charge on any atom is -0.459 e. The number of rotatable bonds is 4. The molecular formula is C19H32O2. The summed E-state index contributed by atoms with van der Waals surface area (Å²) in [5.74, 6) is 1.47. The third kappa shape index (κ3) is 4.11. The van der Waals surface area contributed by atoms with Crippen LogP contribution < -0.4 is 0 Å². The molecule has 0 aromatic carbocycles. The van der Waals surface area contributed by atoms with Gasteiger partial charge in [0.1, 0.15) is 6.10 Å². The predicted molar refractivity (Wildman–Crippen MR) is 87.0 cm³/mol. The van der Waals surface area contributed by atoms with Crippen LogP contribution in [0.15, 0.2) is 12.2 Å². The first-order valence-electron chi connectivity index (χ1n) is 8.77. The number of carbonyl (C=O) groups is 1. The molecule has 0 amide bonds. The van der Waals surface area contributed by atoms with E-state index in [1.165, 1.54) is 44.9 Å². The van der Waals surface area contributed by atoms with E-state index in [9.17, 15) is 4.79 Å². The Balaban J connectivity index is 1.85. The lowest BCUT2D eigenvalue weighted by Crippen LogP contribution is -2.37. The highest BCUT2D eigenvalue weighted by Crippen LogP contribution is 2.48. The van der Waals surface area contributed by atoms with Crippen molar-refractivity contribution in [3.05, 3.63) is 12.2 Å². The SMILES string of the molecule is C=C(C)C(=O)OC1CCC(C(C)(C)C2CCCCC2)CC1. The van der Waals surface area contributed by atoms with Gasteiger partial charge in [-0.25, -0.2) is 4.79 Å². The largest absolute Gasteiger partial charge is 0.459 e. The van der Waals surface area contributed by atoms with Gasteiger partial charge in [0.25, 0.3) is 0 Å². The average Bonchev–Trinajstić information content (AvgIpc) is 2.48. The Bertz CT molecular complexity index is 369. The van der Waals surface area contributed by atoms with Gasteiger partial charge in [-0.3, -0.25) is 0 Å². The van der Waals surface area contributed by atoms with Crippen molar-refractivity contribution in [3.8, 4) is 0 Å². The van der Waals surface area contributed by atoms with Crippen molar-refractivity contribution in [1.82, 2.24) is 0 Å². The van der Waals surface area contributed by atoms with Crippen LogP contribution in [0.1, 0.15) is 78.6 Å². The molecule has 0 N–H and O–H groups in total. The molecule has 0 spiro atoms. The summed E-state index contributed by atoms with van der Waals surface area (Å²) in [7, 11) is 0. The zero-order valence-corrected chi connectivity index (χ0v) is 14.1. The fourth-order valence-electron chi connectivity index (χ4n) is 4.36. The molecule has 2 saturated carbocycles. The lowest BCUT2D eigenvalue weighted by atomic mass is 9.61. The van der Waals surface area contributed by atoms with E-state index in [-0.39, 0.29) is 12.1 Å². The molecule has 0 radical (unpaired) electrons. The summed E-state index contributed by atoms with van der Waals surface area (Å²) < 4.78 is 5.52. The van der Waals surface area contributed by atoms with Gasteiger partial charge in [0.15, 0.2) is 0 Å². The van der Waals surface area contributed by atoms with Gasteiger partial charge < -0.3 is 4.74 Å². The predicted octanol–water partition coefficient (Wildman–Crippen LogP) is 5.27. The van der Waals surface area contributed by atoms with E-state index in [1.807, 2.05) is 0 Å². The van der Waals surface area contributed by atoms with Crippen LogP contribution in [-0.2, 0) is 9.53 Å². The average molecular weight is 292 g/mol. The minimum atomic E-state index is -0.218. The summed E-state index contributed by atoms with van der Waals surface area (Å²) in [5.41, 5.74) is 0.962. The van der Waals surface area contributed by atoms with Crippen molar-refractivity contribution in [2.24, 2.45) is 17.3 Å². The second-order valence-electron chi connectivity index (χ2n) is 7.82. The Morgan fingerprint density at radius 2 is 1.48 bits per heavy atom. The third-order valence-corrected chi connectivity index (χ3v) is 6.01. The van der Waals surface area contributed by atoms with E-state index in [0.29, 0.717) is 11.0 Å². The van der Waals surface area contributed by atoms with Gasteiger partial charge in [-0.15, -0.1) is 0 Å². The van der Waals surface area contributed by atoms with E-state index < -0.39 is 0 Å². The van der Waals surface area contributed by atoms with Crippen LogP contribution >= 0.6 is 0 Å². The Kier molecular flexibility index (Phi) is 5.51. The van der Waals surface area contributed by atoms with Crippen LogP contribution in [-0.4, -0.2) is 12.1 Å². The summed E-state index contributed by atoms with van der Waals surface area (Å²) in [6, 6.07) is 0. The summed E-state index contributed by atoms with van der Waals surface area (Å²) in [5, 5.41) is 0. The lowest BCUT2D eigenvalue weighted by molar-refractivity contribution is -0.146. The normalized spacial score (nSPS) is 28.1. The fourth-order valence-corrected chi connectivity index (χ4v) is 4.36. The second kappa shape index (κ2) is 6.98. The molecule has 0 aliphatic heterocycles.